The highest BCUT2D eigenvalue weighted by molar-refractivity contribution is 6.30. The van der Waals surface area contributed by atoms with E-state index in [1.165, 1.54) is 12.1 Å². The molecule has 3 nitrogen and oxygen atoms in total. The Morgan fingerprint density at radius 1 is 1.59 bits per heavy atom. The first kappa shape index (κ1) is 13.8. The lowest BCUT2D eigenvalue weighted by Crippen LogP contribution is -2.36. The highest BCUT2D eigenvalue weighted by Gasteiger charge is 2.14. The molecule has 1 N–H and O–H groups in total. The molecule has 1 aromatic carbocycles. The van der Waals surface area contributed by atoms with E-state index >= 15 is 0 Å². The van der Waals surface area contributed by atoms with Crippen molar-refractivity contribution in [2.75, 3.05) is 6.54 Å². The van der Waals surface area contributed by atoms with Crippen molar-refractivity contribution in [2.45, 2.75) is 26.4 Å². The largest absolute Gasteiger partial charge is 0.481 e. The van der Waals surface area contributed by atoms with Crippen LogP contribution in [-0.2, 0) is 4.79 Å². The highest BCUT2D eigenvalue weighted by Crippen LogP contribution is 2.21. The number of carbonyl (C=O) groups excluding carboxylic acids is 1. The van der Waals surface area contributed by atoms with Crippen molar-refractivity contribution >= 4 is 17.5 Å². The molecule has 0 fully saturated rings. The highest BCUT2D eigenvalue weighted by atomic mass is 35.5. The number of carbonyl (C=O) groups is 1. The summed E-state index contributed by atoms with van der Waals surface area (Å²) in [6.07, 6.45) is 0.190. The molecule has 0 saturated carbocycles. The van der Waals surface area contributed by atoms with Gasteiger partial charge in [-0.15, -0.1) is 0 Å². The number of nitrogens with one attached hydrogen (secondary N) is 1. The van der Waals surface area contributed by atoms with Gasteiger partial charge in [0.15, 0.2) is 6.10 Å². The third kappa shape index (κ3) is 4.23. The zero-order valence-electron chi connectivity index (χ0n) is 9.80. The third-order valence-corrected chi connectivity index (χ3v) is 2.43. The molecule has 0 saturated heterocycles. The molecule has 0 aliphatic carbocycles. The van der Waals surface area contributed by atoms with Crippen molar-refractivity contribution in [1.82, 2.24) is 5.32 Å². The quantitative estimate of drug-likeness (QED) is 0.883. The van der Waals surface area contributed by atoms with Crippen molar-refractivity contribution < 1.29 is 13.9 Å². The average Bonchev–Trinajstić information content (AvgIpc) is 2.30. The van der Waals surface area contributed by atoms with Crippen LogP contribution < -0.4 is 10.1 Å². The van der Waals surface area contributed by atoms with Crippen LogP contribution in [0, 0.1) is 5.82 Å². The first-order valence-electron chi connectivity index (χ1n) is 5.44. The average molecular weight is 260 g/mol. The number of hydrogen-bond acceptors (Lipinski definition) is 2. The SMILES string of the molecule is CCCNC(=O)C(C)Oc1ccc(Cl)c(F)c1. The summed E-state index contributed by atoms with van der Waals surface area (Å²) in [5, 5.41) is 2.72. The number of rotatable bonds is 5. The zero-order chi connectivity index (χ0) is 12.8. The van der Waals surface area contributed by atoms with Crippen LogP contribution in [0.25, 0.3) is 0 Å². The maximum atomic E-state index is 13.1. The second-order valence-corrected chi connectivity index (χ2v) is 4.03. The number of benzene rings is 1. The van der Waals surface area contributed by atoms with Crippen molar-refractivity contribution in [1.29, 1.82) is 0 Å². The monoisotopic (exact) mass is 259 g/mol. The Balaban J connectivity index is 2.58. The van der Waals surface area contributed by atoms with Gasteiger partial charge < -0.3 is 10.1 Å². The van der Waals surface area contributed by atoms with Gasteiger partial charge in [0, 0.05) is 12.6 Å². The van der Waals surface area contributed by atoms with E-state index in [1.54, 1.807) is 6.92 Å². The van der Waals surface area contributed by atoms with Gasteiger partial charge in [-0.1, -0.05) is 18.5 Å². The summed E-state index contributed by atoms with van der Waals surface area (Å²) in [7, 11) is 0. The molecule has 0 aromatic heterocycles. The summed E-state index contributed by atoms with van der Waals surface area (Å²) >= 11 is 5.54. The molecule has 0 radical (unpaired) electrons. The molecule has 1 rings (SSSR count). The fourth-order valence-electron chi connectivity index (χ4n) is 1.20. The Labute approximate surface area is 105 Å². The standard InChI is InChI=1S/C12H15ClFNO2/c1-3-6-15-12(16)8(2)17-9-4-5-10(13)11(14)7-9/h4-5,7-8H,3,6H2,1-2H3,(H,15,16). The zero-order valence-corrected chi connectivity index (χ0v) is 10.6. The maximum absolute atomic E-state index is 13.1. The topological polar surface area (TPSA) is 38.3 Å². The van der Waals surface area contributed by atoms with Crippen LogP contribution in [0.5, 0.6) is 5.75 Å². The van der Waals surface area contributed by atoms with E-state index < -0.39 is 11.9 Å². The molecular formula is C12H15ClFNO2. The lowest BCUT2D eigenvalue weighted by molar-refractivity contribution is -0.127. The fraction of sp³-hybridized carbons (Fsp3) is 0.417. The van der Waals surface area contributed by atoms with Gasteiger partial charge in [-0.3, -0.25) is 4.79 Å². The van der Waals surface area contributed by atoms with Gasteiger partial charge in [0.05, 0.1) is 5.02 Å². The maximum Gasteiger partial charge on any atom is 0.260 e. The molecule has 5 heteroatoms. The van der Waals surface area contributed by atoms with Gasteiger partial charge in [-0.05, 0) is 25.5 Å². The molecule has 1 aromatic rings. The number of amides is 1. The molecule has 0 bridgehead atoms. The molecule has 0 heterocycles. The van der Waals surface area contributed by atoms with Gasteiger partial charge in [0.2, 0.25) is 0 Å². The molecule has 1 amide bonds. The Morgan fingerprint density at radius 3 is 2.88 bits per heavy atom. The minimum Gasteiger partial charge on any atom is -0.481 e. The van der Waals surface area contributed by atoms with E-state index in [0.717, 1.165) is 12.5 Å². The summed E-state index contributed by atoms with van der Waals surface area (Å²) < 4.78 is 18.4. The molecule has 17 heavy (non-hydrogen) atoms. The summed E-state index contributed by atoms with van der Waals surface area (Å²) in [6, 6.07) is 4.07. The lowest BCUT2D eigenvalue weighted by Gasteiger charge is -2.14. The van der Waals surface area contributed by atoms with Crippen LogP contribution in [-0.4, -0.2) is 18.6 Å². The van der Waals surface area contributed by atoms with Crippen molar-refractivity contribution in [3.8, 4) is 5.75 Å². The first-order chi connectivity index (χ1) is 8.04. The van der Waals surface area contributed by atoms with Crippen molar-refractivity contribution in [2.24, 2.45) is 0 Å². The first-order valence-corrected chi connectivity index (χ1v) is 5.81. The Kier molecular flexibility index (Phi) is 5.22. The molecule has 1 atom stereocenters. The second-order valence-electron chi connectivity index (χ2n) is 3.63. The normalized spacial score (nSPS) is 12.0. The predicted octanol–water partition coefficient (Wildman–Crippen LogP) is 2.77. The number of ether oxygens (including phenoxy) is 1. The number of halogens is 2. The number of hydrogen-bond donors (Lipinski definition) is 1. The van der Waals surface area contributed by atoms with Crippen LogP contribution in [0.15, 0.2) is 18.2 Å². The van der Waals surface area contributed by atoms with E-state index in [9.17, 15) is 9.18 Å². The van der Waals surface area contributed by atoms with Crippen LogP contribution in [0.3, 0.4) is 0 Å². The van der Waals surface area contributed by atoms with E-state index in [0.29, 0.717) is 6.54 Å². The molecular weight excluding hydrogens is 245 g/mol. The van der Waals surface area contributed by atoms with Gasteiger partial charge >= 0.3 is 0 Å². The van der Waals surface area contributed by atoms with E-state index in [-0.39, 0.29) is 16.7 Å². The Morgan fingerprint density at radius 2 is 2.29 bits per heavy atom. The van der Waals surface area contributed by atoms with Crippen LogP contribution in [0.1, 0.15) is 20.3 Å². The van der Waals surface area contributed by atoms with Gasteiger partial charge in [-0.2, -0.15) is 0 Å². The third-order valence-electron chi connectivity index (χ3n) is 2.12. The molecule has 0 aliphatic rings. The van der Waals surface area contributed by atoms with Crippen LogP contribution >= 0.6 is 11.6 Å². The lowest BCUT2D eigenvalue weighted by atomic mass is 10.3. The van der Waals surface area contributed by atoms with E-state index in [1.807, 2.05) is 6.92 Å². The Bertz CT molecular complexity index is 398. The predicted molar refractivity (Wildman–Crippen MR) is 64.8 cm³/mol. The molecule has 0 aliphatic heterocycles. The smallest absolute Gasteiger partial charge is 0.260 e. The fourth-order valence-corrected chi connectivity index (χ4v) is 1.32. The summed E-state index contributed by atoms with van der Waals surface area (Å²) in [6.45, 7) is 4.17. The Hall–Kier alpha value is -1.29. The minimum absolute atomic E-state index is 0.0282. The van der Waals surface area contributed by atoms with Crippen LogP contribution in [0.4, 0.5) is 4.39 Å². The molecule has 0 spiro atoms. The van der Waals surface area contributed by atoms with Crippen molar-refractivity contribution in [3.05, 3.63) is 29.0 Å². The van der Waals surface area contributed by atoms with Crippen LogP contribution in [0.2, 0.25) is 5.02 Å². The summed E-state index contributed by atoms with van der Waals surface area (Å²) in [5.41, 5.74) is 0. The van der Waals surface area contributed by atoms with E-state index in [4.69, 9.17) is 16.3 Å². The summed E-state index contributed by atoms with van der Waals surface area (Å²) in [5.74, 6) is -0.501. The van der Waals surface area contributed by atoms with Gasteiger partial charge in [0.1, 0.15) is 11.6 Å². The van der Waals surface area contributed by atoms with E-state index in [2.05, 4.69) is 5.32 Å². The molecule has 1 unspecified atom stereocenters. The van der Waals surface area contributed by atoms with Gasteiger partial charge in [-0.25, -0.2) is 4.39 Å². The second kappa shape index (κ2) is 6.45. The van der Waals surface area contributed by atoms with Gasteiger partial charge in [0.25, 0.3) is 5.91 Å². The minimum atomic E-state index is -0.665. The van der Waals surface area contributed by atoms with Crippen molar-refractivity contribution in [3.63, 3.8) is 0 Å². The summed E-state index contributed by atoms with van der Waals surface area (Å²) in [4.78, 5) is 11.5. The molecule has 94 valence electrons.